The van der Waals surface area contributed by atoms with Gasteiger partial charge in [-0.05, 0) is 36.1 Å². The van der Waals surface area contributed by atoms with Gasteiger partial charge in [-0.1, -0.05) is 43.6 Å². The molecule has 1 aromatic rings. The van der Waals surface area contributed by atoms with Crippen molar-refractivity contribution in [2.24, 2.45) is 11.8 Å². The first kappa shape index (κ1) is 22.2. The van der Waals surface area contributed by atoms with Crippen LogP contribution < -0.4 is 5.32 Å². The maximum atomic E-state index is 12.3. The average molecular weight is 427 g/mol. The number of nitrogens with one attached hydrogen (secondary N) is 1. The number of carbonyl (C=O) groups excluding carboxylic acids is 3. The zero-order chi connectivity index (χ0) is 19.7. The molecule has 0 fully saturated rings. The molecular formula is C19H27BrN2O4. The number of hydrogen-bond donors (Lipinski definition) is 1. The Balaban J connectivity index is 2.43. The molecule has 0 aliphatic heterocycles. The summed E-state index contributed by atoms with van der Waals surface area (Å²) in [6.07, 6.45) is 0. The first-order valence-electron chi connectivity index (χ1n) is 8.66. The standard InChI is InChI=1S/C19H27BrN2O4/c1-13(2)10-22(11-14(3)4)17(23)12-26-18(24)9-21-19(25)15-5-7-16(20)8-6-15/h5-8,13-14H,9-12H2,1-4H3,(H,21,25). The molecule has 1 rings (SSSR count). The van der Waals surface area contributed by atoms with Crippen LogP contribution in [0, 0.1) is 11.8 Å². The van der Waals surface area contributed by atoms with Gasteiger partial charge < -0.3 is 15.0 Å². The molecule has 0 atom stereocenters. The van der Waals surface area contributed by atoms with Crippen LogP contribution in [0.15, 0.2) is 28.7 Å². The number of carbonyl (C=O) groups is 3. The lowest BCUT2D eigenvalue weighted by molar-refractivity contribution is -0.151. The molecule has 0 unspecified atom stereocenters. The second kappa shape index (κ2) is 11.0. The van der Waals surface area contributed by atoms with Gasteiger partial charge in [-0.25, -0.2) is 0 Å². The summed E-state index contributed by atoms with van der Waals surface area (Å²) in [7, 11) is 0. The Labute approximate surface area is 163 Å². The lowest BCUT2D eigenvalue weighted by atomic mass is 10.1. The minimum atomic E-state index is -0.641. The van der Waals surface area contributed by atoms with Gasteiger partial charge in [0.2, 0.25) is 0 Å². The number of hydrogen-bond acceptors (Lipinski definition) is 4. The minimum Gasteiger partial charge on any atom is -0.454 e. The first-order chi connectivity index (χ1) is 12.2. The minimum absolute atomic E-state index is 0.222. The van der Waals surface area contributed by atoms with Gasteiger partial charge in [0, 0.05) is 23.1 Å². The molecular weight excluding hydrogens is 400 g/mol. The summed E-state index contributed by atoms with van der Waals surface area (Å²) in [5.74, 6) is -0.572. The Kier molecular flexibility index (Phi) is 9.34. The van der Waals surface area contributed by atoms with Crippen LogP contribution in [0.2, 0.25) is 0 Å². The molecule has 0 heterocycles. The van der Waals surface area contributed by atoms with Gasteiger partial charge in [0.25, 0.3) is 11.8 Å². The Morgan fingerprint density at radius 3 is 2.08 bits per heavy atom. The van der Waals surface area contributed by atoms with Crippen molar-refractivity contribution in [2.45, 2.75) is 27.7 Å². The van der Waals surface area contributed by atoms with Gasteiger partial charge in [-0.2, -0.15) is 0 Å². The summed E-state index contributed by atoms with van der Waals surface area (Å²) in [5, 5.41) is 2.48. The molecule has 7 heteroatoms. The van der Waals surface area contributed by atoms with E-state index in [0.29, 0.717) is 30.5 Å². The van der Waals surface area contributed by atoms with E-state index in [-0.39, 0.29) is 25.0 Å². The molecule has 0 bridgehead atoms. The zero-order valence-corrected chi connectivity index (χ0v) is 17.3. The molecule has 144 valence electrons. The van der Waals surface area contributed by atoms with Crippen molar-refractivity contribution in [3.8, 4) is 0 Å². The molecule has 26 heavy (non-hydrogen) atoms. The van der Waals surface area contributed by atoms with Crippen LogP contribution in [0.25, 0.3) is 0 Å². The Hall–Kier alpha value is -1.89. The molecule has 2 amide bonds. The number of esters is 1. The van der Waals surface area contributed by atoms with Crippen molar-refractivity contribution in [1.82, 2.24) is 10.2 Å². The first-order valence-corrected chi connectivity index (χ1v) is 9.45. The highest BCUT2D eigenvalue weighted by Crippen LogP contribution is 2.10. The highest BCUT2D eigenvalue weighted by Gasteiger charge is 2.18. The third kappa shape index (κ3) is 8.47. The van der Waals surface area contributed by atoms with E-state index in [0.717, 1.165) is 4.47 Å². The van der Waals surface area contributed by atoms with Gasteiger partial charge in [-0.3, -0.25) is 14.4 Å². The normalized spacial score (nSPS) is 10.7. The van der Waals surface area contributed by atoms with Crippen molar-refractivity contribution >= 4 is 33.7 Å². The predicted octanol–water partition coefficient (Wildman–Crippen LogP) is 2.86. The number of benzene rings is 1. The van der Waals surface area contributed by atoms with Crippen LogP contribution in [-0.2, 0) is 14.3 Å². The maximum Gasteiger partial charge on any atom is 0.325 e. The monoisotopic (exact) mass is 426 g/mol. The molecule has 0 saturated carbocycles. The fraction of sp³-hybridized carbons (Fsp3) is 0.526. The fourth-order valence-electron chi connectivity index (χ4n) is 2.30. The van der Waals surface area contributed by atoms with Gasteiger partial charge in [-0.15, -0.1) is 0 Å². The Morgan fingerprint density at radius 2 is 1.58 bits per heavy atom. The van der Waals surface area contributed by atoms with E-state index in [1.54, 1.807) is 29.2 Å². The van der Waals surface area contributed by atoms with E-state index >= 15 is 0 Å². The number of amides is 2. The molecule has 6 nitrogen and oxygen atoms in total. The van der Waals surface area contributed by atoms with Gasteiger partial charge in [0.15, 0.2) is 6.61 Å². The summed E-state index contributed by atoms with van der Waals surface area (Å²) in [6.45, 7) is 8.77. The van der Waals surface area contributed by atoms with Crippen molar-refractivity contribution in [2.75, 3.05) is 26.2 Å². The second-order valence-electron chi connectivity index (χ2n) is 6.94. The van der Waals surface area contributed by atoms with E-state index < -0.39 is 5.97 Å². The van der Waals surface area contributed by atoms with E-state index in [4.69, 9.17) is 4.74 Å². The third-order valence-corrected chi connectivity index (χ3v) is 3.91. The van der Waals surface area contributed by atoms with E-state index in [2.05, 4.69) is 21.2 Å². The highest BCUT2D eigenvalue weighted by molar-refractivity contribution is 9.10. The van der Waals surface area contributed by atoms with Crippen molar-refractivity contribution in [3.63, 3.8) is 0 Å². The van der Waals surface area contributed by atoms with E-state index in [9.17, 15) is 14.4 Å². The van der Waals surface area contributed by atoms with Crippen LogP contribution in [0.3, 0.4) is 0 Å². The molecule has 1 aromatic carbocycles. The van der Waals surface area contributed by atoms with Crippen LogP contribution >= 0.6 is 15.9 Å². The van der Waals surface area contributed by atoms with Crippen LogP contribution in [0.1, 0.15) is 38.1 Å². The van der Waals surface area contributed by atoms with E-state index in [1.165, 1.54) is 0 Å². The third-order valence-electron chi connectivity index (χ3n) is 3.38. The summed E-state index contributed by atoms with van der Waals surface area (Å²) in [6, 6.07) is 6.77. The molecule has 0 radical (unpaired) electrons. The predicted molar refractivity (Wildman–Crippen MR) is 104 cm³/mol. The largest absolute Gasteiger partial charge is 0.454 e. The number of rotatable bonds is 9. The van der Waals surface area contributed by atoms with E-state index in [1.807, 2.05) is 27.7 Å². The second-order valence-corrected chi connectivity index (χ2v) is 7.85. The Morgan fingerprint density at radius 1 is 1.04 bits per heavy atom. The van der Waals surface area contributed by atoms with Crippen LogP contribution in [0.5, 0.6) is 0 Å². The highest BCUT2D eigenvalue weighted by atomic mass is 79.9. The summed E-state index contributed by atoms with van der Waals surface area (Å²) in [4.78, 5) is 37.7. The zero-order valence-electron chi connectivity index (χ0n) is 15.8. The van der Waals surface area contributed by atoms with Crippen LogP contribution in [0.4, 0.5) is 0 Å². The molecule has 0 aliphatic carbocycles. The van der Waals surface area contributed by atoms with Gasteiger partial charge in [0.05, 0.1) is 0 Å². The fourth-order valence-corrected chi connectivity index (χ4v) is 2.56. The Bertz CT molecular complexity index is 604. The molecule has 0 spiro atoms. The number of ether oxygens (including phenoxy) is 1. The molecule has 1 N–H and O–H groups in total. The van der Waals surface area contributed by atoms with Gasteiger partial charge in [0.1, 0.15) is 6.54 Å². The lowest BCUT2D eigenvalue weighted by Crippen LogP contribution is -2.40. The van der Waals surface area contributed by atoms with Crippen molar-refractivity contribution in [3.05, 3.63) is 34.3 Å². The molecule has 0 saturated heterocycles. The quantitative estimate of drug-likeness (QED) is 0.615. The van der Waals surface area contributed by atoms with Crippen LogP contribution in [-0.4, -0.2) is 48.9 Å². The van der Waals surface area contributed by atoms with Crippen molar-refractivity contribution < 1.29 is 19.1 Å². The average Bonchev–Trinajstić information content (AvgIpc) is 2.56. The number of nitrogens with zero attached hydrogens (tertiary/aromatic N) is 1. The lowest BCUT2D eigenvalue weighted by Gasteiger charge is -2.26. The maximum absolute atomic E-state index is 12.3. The number of halogens is 1. The van der Waals surface area contributed by atoms with Gasteiger partial charge >= 0.3 is 5.97 Å². The van der Waals surface area contributed by atoms with Crippen molar-refractivity contribution in [1.29, 1.82) is 0 Å². The summed E-state index contributed by atoms with van der Waals surface area (Å²) < 4.78 is 5.86. The summed E-state index contributed by atoms with van der Waals surface area (Å²) in [5.41, 5.74) is 0.442. The smallest absolute Gasteiger partial charge is 0.325 e. The molecule has 0 aliphatic rings. The topological polar surface area (TPSA) is 75.7 Å². The SMILES string of the molecule is CC(C)CN(CC(C)C)C(=O)COC(=O)CNC(=O)c1ccc(Br)cc1. The summed E-state index contributed by atoms with van der Waals surface area (Å²) >= 11 is 3.29. The molecule has 0 aromatic heterocycles.